The van der Waals surface area contributed by atoms with Crippen LogP contribution >= 0.6 is 11.6 Å². The molecule has 1 amide bonds. The van der Waals surface area contributed by atoms with E-state index in [0.29, 0.717) is 10.6 Å². The van der Waals surface area contributed by atoms with Crippen LogP contribution in [-0.4, -0.2) is 30.5 Å². The minimum Gasteiger partial charge on any atom is -0.324 e. The zero-order chi connectivity index (χ0) is 20.6. The molecule has 146 valence electrons. The molecule has 2 aromatic carbocycles. The average Bonchev–Trinajstić information content (AvgIpc) is 2.64. The highest BCUT2D eigenvalue weighted by molar-refractivity contribution is 7.89. The lowest BCUT2D eigenvalue weighted by Crippen LogP contribution is -2.45. The van der Waals surface area contributed by atoms with E-state index in [1.807, 2.05) is 0 Å². The SMILES string of the molecule is C/C(NC(=O)c1ccc(Cl)cc1)=C1/C(=O)c2ccccc2S(=O)(=O)N1C(C)C. The van der Waals surface area contributed by atoms with Crippen molar-refractivity contribution in [3.63, 3.8) is 0 Å². The summed E-state index contributed by atoms with van der Waals surface area (Å²) < 4.78 is 27.3. The van der Waals surface area contributed by atoms with Gasteiger partial charge in [-0.1, -0.05) is 23.7 Å². The molecule has 0 aromatic heterocycles. The lowest BCUT2D eigenvalue weighted by molar-refractivity contribution is 0.0961. The summed E-state index contributed by atoms with van der Waals surface area (Å²) in [7, 11) is -3.93. The largest absolute Gasteiger partial charge is 0.324 e. The predicted octanol–water partition coefficient (Wildman–Crippen LogP) is 3.60. The van der Waals surface area contributed by atoms with Gasteiger partial charge in [-0.15, -0.1) is 0 Å². The van der Waals surface area contributed by atoms with Gasteiger partial charge in [-0.25, -0.2) is 8.42 Å². The molecule has 1 heterocycles. The van der Waals surface area contributed by atoms with Crippen LogP contribution < -0.4 is 5.32 Å². The number of amides is 1. The van der Waals surface area contributed by atoms with Crippen molar-refractivity contribution in [3.05, 3.63) is 76.1 Å². The third-order valence-corrected chi connectivity index (χ3v) is 6.62. The molecule has 0 aliphatic carbocycles. The van der Waals surface area contributed by atoms with Crippen molar-refractivity contribution in [1.29, 1.82) is 0 Å². The Labute approximate surface area is 168 Å². The standard InChI is InChI=1S/C20H19ClN2O4S/c1-12(2)23-18(13(3)22-20(25)14-8-10-15(21)11-9-14)19(24)16-6-4-5-7-17(16)28(23,26)27/h4-12H,1-3H3,(H,22,25)/b18-13+. The molecule has 0 unspecified atom stereocenters. The number of carbonyl (C=O) groups is 2. The van der Waals surface area contributed by atoms with Crippen LogP contribution in [0.1, 0.15) is 41.5 Å². The van der Waals surface area contributed by atoms with E-state index in [2.05, 4.69) is 5.32 Å². The molecule has 8 heteroatoms. The maximum atomic E-state index is 13.1. The number of benzene rings is 2. The summed E-state index contributed by atoms with van der Waals surface area (Å²) in [4.78, 5) is 25.6. The highest BCUT2D eigenvalue weighted by Crippen LogP contribution is 2.34. The van der Waals surface area contributed by atoms with Crippen molar-refractivity contribution in [1.82, 2.24) is 9.62 Å². The number of Topliss-reactive ketones (excluding diaryl/α,β-unsaturated/α-hetero) is 1. The molecule has 6 nitrogen and oxygen atoms in total. The number of nitrogens with zero attached hydrogens (tertiary/aromatic N) is 1. The fraction of sp³-hybridized carbons (Fsp3) is 0.200. The summed E-state index contributed by atoms with van der Waals surface area (Å²) >= 11 is 5.84. The number of hydrogen-bond acceptors (Lipinski definition) is 4. The summed E-state index contributed by atoms with van der Waals surface area (Å²) in [6.07, 6.45) is 0. The minimum atomic E-state index is -3.93. The van der Waals surface area contributed by atoms with Gasteiger partial charge in [0, 0.05) is 27.9 Å². The molecule has 0 spiro atoms. The second-order valence-electron chi connectivity index (χ2n) is 6.65. The van der Waals surface area contributed by atoms with E-state index in [1.54, 1.807) is 50.2 Å². The Morgan fingerprint density at radius 3 is 2.29 bits per heavy atom. The molecule has 1 aliphatic heterocycles. The second kappa shape index (κ2) is 7.41. The molecular weight excluding hydrogens is 400 g/mol. The maximum Gasteiger partial charge on any atom is 0.265 e. The smallest absolute Gasteiger partial charge is 0.265 e. The van der Waals surface area contributed by atoms with Crippen LogP contribution in [0.5, 0.6) is 0 Å². The van der Waals surface area contributed by atoms with Gasteiger partial charge in [0.25, 0.3) is 15.9 Å². The third-order valence-electron chi connectivity index (χ3n) is 4.34. The zero-order valence-corrected chi connectivity index (χ0v) is 17.1. The summed E-state index contributed by atoms with van der Waals surface area (Å²) in [6.45, 7) is 4.86. The molecule has 0 atom stereocenters. The van der Waals surface area contributed by atoms with Crippen LogP contribution in [0.3, 0.4) is 0 Å². The first-order valence-electron chi connectivity index (χ1n) is 8.60. The van der Waals surface area contributed by atoms with Crippen LogP contribution in [0.15, 0.2) is 64.8 Å². The van der Waals surface area contributed by atoms with Crippen LogP contribution in [0, 0.1) is 0 Å². The van der Waals surface area contributed by atoms with E-state index >= 15 is 0 Å². The van der Waals surface area contributed by atoms with E-state index in [1.165, 1.54) is 19.1 Å². The number of rotatable bonds is 3. The van der Waals surface area contributed by atoms with Crippen molar-refractivity contribution in [3.8, 4) is 0 Å². The number of ketones is 1. The van der Waals surface area contributed by atoms with Crippen LogP contribution in [0.2, 0.25) is 5.02 Å². The van der Waals surface area contributed by atoms with E-state index in [9.17, 15) is 18.0 Å². The number of allylic oxidation sites excluding steroid dienone is 2. The Hall–Kier alpha value is -2.64. The van der Waals surface area contributed by atoms with Gasteiger partial charge in [0.2, 0.25) is 5.78 Å². The summed E-state index contributed by atoms with van der Waals surface area (Å²) in [6, 6.07) is 11.8. The van der Waals surface area contributed by atoms with Gasteiger partial charge in [0.05, 0.1) is 4.90 Å². The fourth-order valence-electron chi connectivity index (χ4n) is 3.11. The highest BCUT2D eigenvalue weighted by atomic mass is 35.5. The van der Waals surface area contributed by atoms with E-state index in [-0.39, 0.29) is 21.9 Å². The molecule has 1 aliphatic rings. The van der Waals surface area contributed by atoms with Crippen molar-refractivity contribution in [2.24, 2.45) is 0 Å². The first-order valence-corrected chi connectivity index (χ1v) is 10.4. The van der Waals surface area contributed by atoms with E-state index in [0.717, 1.165) is 4.31 Å². The number of nitrogens with one attached hydrogen (secondary N) is 1. The lowest BCUT2D eigenvalue weighted by Gasteiger charge is -2.35. The van der Waals surface area contributed by atoms with Crippen LogP contribution in [-0.2, 0) is 10.0 Å². The highest BCUT2D eigenvalue weighted by Gasteiger charge is 2.41. The van der Waals surface area contributed by atoms with Crippen molar-refractivity contribution in [2.45, 2.75) is 31.7 Å². The van der Waals surface area contributed by atoms with Crippen molar-refractivity contribution >= 4 is 33.3 Å². The minimum absolute atomic E-state index is 0.0331. The molecule has 2 aromatic rings. The molecule has 0 bridgehead atoms. The second-order valence-corrected chi connectivity index (χ2v) is 8.87. The topological polar surface area (TPSA) is 83.5 Å². The Morgan fingerprint density at radius 1 is 1.07 bits per heavy atom. The van der Waals surface area contributed by atoms with Gasteiger partial charge in [-0.05, 0) is 57.2 Å². The van der Waals surface area contributed by atoms with Crippen molar-refractivity contribution < 1.29 is 18.0 Å². The number of halogens is 1. The molecule has 0 fully saturated rings. The Bertz CT molecular complexity index is 1090. The van der Waals surface area contributed by atoms with Crippen molar-refractivity contribution in [2.75, 3.05) is 0 Å². The average molecular weight is 419 g/mol. The van der Waals surface area contributed by atoms with Gasteiger partial charge >= 0.3 is 0 Å². The first kappa shape index (κ1) is 20.1. The van der Waals surface area contributed by atoms with Gasteiger partial charge < -0.3 is 5.32 Å². The molecule has 28 heavy (non-hydrogen) atoms. The zero-order valence-electron chi connectivity index (χ0n) is 15.6. The van der Waals surface area contributed by atoms with Crippen LogP contribution in [0.25, 0.3) is 0 Å². The normalized spacial score (nSPS) is 17.3. The number of hydrogen-bond donors (Lipinski definition) is 1. The Balaban J connectivity index is 2.10. The number of sulfonamides is 1. The Morgan fingerprint density at radius 2 is 1.68 bits per heavy atom. The predicted molar refractivity (Wildman–Crippen MR) is 107 cm³/mol. The molecule has 0 radical (unpaired) electrons. The van der Waals surface area contributed by atoms with E-state index < -0.39 is 27.8 Å². The molecule has 1 N–H and O–H groups in total. The first-order chi connectivity index (χ1) is 13.1. The quantitative estimate of drug-likeness (QED) is 0.772. The number of carbonyl (C=O) groups excluding carboxylic acids is 2. The van der Waals surface area contributed by atoms with Gasteiger partial charge in [0.1, 0.15) is 5.70 Å². The number of fused-ring (bicyclic) bond motifs is 1. The fourth-order valence-corrected chi connectivity index (χ4v) is 5.15. The maximum absolute atomic E-state index is 13.1. The molecule has 0 saturated heterocycles. The molecule has 3 rings (SSSR count). The van der Waals surface area contributed by atoms with E-state index in [4.69, 9.17) is 11.6 Å². The molecular formula is C20H19ClN2O4S. The Kier molecular flexibility index (Phi) is 5.32. The van der Waals surface area contributed by atoms with Gasteiger partial charge in [-0.3, -0.25) is 13.9 Å². The third kappa shape index (κ3) is 3.43. The van der Waals surface area contributed by atoms with Gasteiger partial charge in [0.15, 0.2) is 0 Å². The monoisotopic (exact) mass is 418 g/mol. The molecule has 0 saturated carbocycles. The summed E-state index contributed by atoms with van der Waals surface area (Å²) in [5.41, 5.74) is 0.536. The summed E-state index contributed by atoms with van der Waals surface area (Å²) in [5, 5.41) is 3.13. The van der Waals surface area contributed by atoms with Crippen LogP contribution in [0.4, 0.5) is 0 Å². The van der Waals surface area contributed by atoms with Gasteiger partial charge in [-0.2, -0.15) is 0 Å². The lowest BCUT2D eigenvalue weighted by atomic mass is 10.1. The summed E-state index contributed by atoms with van der Waals surface area (Å²) in [5.74, 6) is -0.914.